The summed E-state index contributed by atoms with van der Waals surface area (Å²) in [6.07, 6.45) is 0.993. The summed E-state index contributed by atoms with van der Waals surface area (Å²) in [5.74, 6) is -1.10. The first kappa shape index (κ1) is 11.8. The average Bonchev–Trinajstić information content (AvgIpc) is 2.35. The van der Waals surface area contributed by atoms with Gasteiger partial charge in [-0.15, -0.1) is 0 Å². The van der Waals surface area contributed by atoms with Gasteiger partial charge in [0.1, 0.15) is 5.70 Å². The van der Waals surface area contributed by atoms with Crippen LogP contribution >= 0.6 is 0 Å². The van der Waals surface area contributed by atoms with E-state index < -0.39 is 11.9 Å². The zero-order valence-corrected chi connectivity index (χ0v) is 8.77. The molecule has 0 saturated heterocycles. The summed E-state index contributed by atoms with van der Waals surface area (Å²) >= 11 is 0. The normalized spacial score (nSPS) is 10.7. The molecule has 0 atom stereocenters. The van der Waals surface area contributed by atoms with E-state index in [1.807, 2.05) is 0 Å². The smallest absolute Gasteiger partial charge is 0.356 e. The van der Waals surface area contributed by atoms with Crippen LogP contribution in [0, 0.1) is 0 Å². The predicted molar refractivity (Wildman–Crippen MR) is 58.2 cm³/mol. The second-order valence-corrected chi connectivity index (χ2v) is 2.89. The molecule has 0 spiro atoms. The van der Waals surface area contributed by atoms with Crippen LogP contribution in [0.4, 0.5) is 0 Å². The summed E-state index contributed by atoms with van der Waals surface area (Å²) in [5, 5.41) is 2.36. The minimum Gasteiger partial charge on any atom is -0.464 e. The molecule has 0 aliphatic heterocycles. The maximum Gasteiger partial charge on any atom is 0.356 e. The largest absolute Gasteiger partial charge is 0.464 e. The summed E-state index contributed by atoms with van der Waals surface area (Å²) in [7, 11) is 1.21. The Labute approximate surface area is 92.9 Å². The third kappa shape index (κ3) is 2.84. The molecule has 1 aromatic rings. The van der Waals surface area contributed by atoms with E-state index in [9.17, 15) is 9.59 Å². The number of rotatable bonds is 3. The molecule has 0 aromatic heterocycles. The molecule has 0 aliphatic carbocycles. The van der Waals surface area contributed by atoms with E-state index in [2.05, 4.69) is 10.1 Å². The molecule has 0 radical (unpaired) electrons. The number of hydrogen-bond donors (Lipinski definition) is 2. The van der Waals surface area contributed by atoms with Gasteiger partial charge in [-0.2, -0.15) is 0 Å². The number of nitrogens with two attached hydrogens (primary N) is 1. The summed E-state index contributed by atoms with van der Waals surface area (Å²) in [5.41, 5.74) is 5.55. The lowest BCUT2D eigenvalue weighted by atomic mass is 10.2. The predicted octanol–water partition coefficient (Wildman–Crippen LogP) is 0.389. The Morgan fingerprint density at radius 1 is 1.31 bits per heavy atom. The van der Waals surface area contributed by atoms with Crippen LogP contribution in [0.15, 0.2) is 42.2 Å². The number of nitrogens with one attached hydrogen (secondary N) is 1. The van der Waals surface area contributed by atoms with Crippen molar-refractivity contribution in [2.24, 2.45) is 5.73 Å². The number of esters is 1. The highest BCUT2D eigenvalue weighted by molar-refractivity contribution is 6.00. The molecule has 0 bridgehead atoms. The second-order valence-electron chi connectivity index (χ2n) is 2.89. The molecule has 1 aromatic carbocycles. The van der Waals surface area contributed by atoms with Crippen LogP contribution in [0.3, 0.4) is 0 Å². The van der Waals surface area contributed by atoms with Gasteiger partial charge in [0.25, 0.3) is 5.91 Å². The molecular formula is C11H12N2O3. The third-order valence-corrected chi connectivity index (χ3v) is 1.86. The van der Waals surface area contributed by atoms with E-state index in [0.717, 1.165) is 6.20 Å². The van der Waals surface area contributed by atoms with Crippen molar-refractivity contribution in [2.75, 3.05) is 7.11 Å². The average molecular weight is 220 g/mol. The minimum atomic E-state index is -0.688. The van der Waals surface area contributed by atoms with Crippen LogP contribution in [0.5, 0.6) is 0 Å². The first-order valence-electron chi connectivity index (χ1n) is 4.55. The van der Waals surface area contributed by atoms with E-state index in [1.165, 1.54) is 7.11 Å². The maximum absolute atomic E-state index is 11.6. The fourth-order valence-corrected chi connectivity index (χ4v) is 1.05. The highest BCUT2D eigenvalue weighted by Gasteiger charge is 2.13. The molecule has 0 aliphatic rings. The van der Waals surface area contributed by atoms with Crippen molar-refractivity contribution in [3.63, 3.8) is 0 Å². The van der Waals surface area contributed by atoms with E-state index in [4.69, 9.17) is 5.73 Å². The number of carbonyl (C=O) groups excluding carboxylic acids is 2. The van der Waals surface area contributed by atoms with Gasteiger partial charge in [0.2, 0.25) is 0 Å². The van der Waals surface area contributed by atoms with Crippen molar-refractivity contribution in [3.05, 3.63) is 47.8 Å². The van der Waals surface area contributed by atoms with Crippen molar-refractivity contribution < 1.29 is 14.3 Å². The van der Waals surface area contributed by atoms with E-state index >= 15 is 0 Å². The highest BCUT2D eigenvalue weighted by Crippen LogP contribution is 2.00. The van der Waals surface area contributed by atoms with Gasteiger partial charge < -0.3 is 15.8 Å². The molecule has 3 N–H and O–H groups in total. The van der Waals surface area contributed by atoms with Gasteiger partial charge in [0.15, 0.2) is 0 Å². The summed E-state index contributed by atoms with van der Waals surface area (Å²) in [6, 6.07) is 8.48. The van der Waals surface area contributed by atoms with Gasteiger partial charge in [0, 0.05) is 11.8 Å². The Bertz CT molecular complexity index is 412. The molecule has 0 unspecified atom stereocenters. The number of ether oxygens (including phenoxy) is 1. The Morgan fingerprint density at radius 2 is 1.94 bits per heavy atom. The molecule has 0 saturated carbocycles. The lowest BCUT2D eigenvalue weighted by Crippen LogP contribution is -2.28. The van der Waals surface area contributed by atoms with Crippen molar-refractivity contribution in [3.8, 4) is 0 Å². The van der Waals surface area contributed by atoms with Crippen LogP contribution in [0.25, 0.3) is 0 Å². The molecule has 84 valence electrons. The first-order chi connectivity index (χ1) is 7.69. The number of benzene rings is 1. The molecule has 5 nitrogen and oxygen atoms in total. The van der Waals surface area contributed by atoms with Gasteiger partial charge in [-0.1, -0.05) is 18.2 Å². The third-order valence-electron chi connectivity index (χ3n) is 1.86. The quantitative estimate of drug-likeness (QED) is 0.570. The SMILES string of the molecule is COC(=O)/C(=C\N)NC(=O)c1ccccc1. The summed E-state index contributed by atoms with van der Waals surface area (Å²) < 4.78 is 4.44. The fourth-order valence-electron chi connectivity index (χ4n) is 1.05. The topological polar surface area (TPSA) is 81.4 Å². The summed E-state index contributed by atoms with van der Waals surface area (Å²) in [4.78, 5) is 22.7. The molecule has 1 amide bonds. The monoisotopic (exact) mass is 220 g/mol. The fraction of sp³-hybridized carbons (Fsp3) is 0.0909. The molecule has 0 fully saturated rings. The first-order valence-corrected chi connectivity index (χ1v) is 4.55. The zero-order chi connectivity index (χ0) is 12.0. The van der Waals surface area contributed by atoms with E-state index in [1.54, 1.807) is 30.3 Å². The van der Waals surface area contributed by atoms with Gasteiger partial charge >= 0.3 is 5.97 Å². The standard InChI is InChI=1S/C11H12N2O3/c1-16-11(15)9(7-12)13-10(14)8-5-3-2-4-6-8/h2-7H,12H2,1H3,(H,13,14)/b9-7+. The highest BCUT2D eigenvalue weighted by atomic mass is 16.5. The zero-order valence-electron chi connectivity index (χ0n) is 8.77. The van der Waals surface area contributed by atoms with Crippen LogP contribution in [0.2, 0.25) is 0 Å². The molecule has 1 rings (SSSR count). The van der Waals surface area contributed by atoms with E-state index in [0.29, 0.717) is 5.56 Å². The van der Waals surface area contributed by atoms with Crippen LogP contribution in [0.1, 0.15) is 10.4 Å². The van der Waals surface area contributed by atoms with Crippen molar-refractivity contribution in [2.45, 2.75) is 0 Å². The van der Waals surface area contributed by atoms with Gasteiger partial charge in [-0.25, -0.2) is 4.79 Å². The van der Waals surface area contributed by atoms with Gasteiger partial charge in [0.05, 0.1) is 7.11 Å². The van der Waals surface area contributed by atoms with Crippen LogP contribution in [-0.4, -0.2) is 19.0 Å². The van der Waals surface area contributed by atoms with Crippen molar-refractivity contribution in [1.29, 1.82) is 0 Å². The number of hydrogen-bond acceptors (Lipinski definition) is 4. The summed E-state index contributed by atoms with van der Waals surface area (Å²) in [6.45, 7) is 0. The Kier molecular flexibility index (Phi) is 4.08. The maximum atomic E-state index is 11.6. The lowest BCUT2D eigenvalue weighted by Gasteiger charge is -2.06. The number of amides is 1. The number of carbonyl (C=O) groups is 2. The van der Waals surface area contributed by atoms with E-state index in [-0.39, 0.29) is 5.70 Å². The van der Waals surface area contributed by atoms with Crippen molar-refractivity contribution >= 4 is 11.9 Å². The Balaban J connectivity index is 2.75. The second kappa shape index (κ2) is 5.55. The van der Waals surface area contributed by atoms with Gasteiger partial charge in [-0.05, 0) is 12.1 Å². The Hall–Kier alpha value is -2.30. The Morgan fingerprint density at radius 3 is 2.44 bits per heavy atom. The van der Waals surface area contributed by atoms with Crippen molar-refractivity contribution in [1.82, 2.24) is 5.32 Å². The lowest BCUT2D eigenvalue weighted by molar-refractivity contribution is -0.136. The molecular weight excluding hydrogens is 208 g/mol. The van der Waals surface area contributed by atoms with Crippen LogP contribution in [-0.2, 0) is 9.53 Å². The minimum absolute atomic E-state index is 0.0867. The molecule has 0 heterocycles. The molecule has 5 heteroatoms. The molecule has 16 heavy (non-hydrogen) atoms. The van der Waals surface area contributed by atoms with Crippen LogP contribution < -0.4 is 11.1 Å². The van der Waals surface area contributed by atoms with Gasteiger partial charge in [-0.3, -0.25) is 4.79 Å². The number of methoxy groups -OCH3 is 1.